The van der Waals surface area contributed by atoms with Gasteiger partial charge in [0.15, 0.2) is 0 Å². The number of likely N-dealkylation sites (tertiary alicyclic amines) is 1. The average molecular weight is 262 g/mol. The smallest absolute Gasteiger partial charge is 0.258 e. The van der Waals surface area contributed by atoms with Crippen LogP contribution in [0.25, 0.3) is 0 Å². The van der Waals surface area contributed by atoms with Crippen LogP contribution in [-0.2, 0) is 0 Å². The standard InChI is InChI=1S/C14H22N4O/c1-4-11-6-5-10(3)18(11)14(19)12-8-16-9(2)7-13(12)17-15/h7-8,10-11H,4-6,15H2,1-3H3,(H,16,17). The van der Waals surface area contributed by atoms with E-state index in [9.17, 15) is 4.79 Å². The summed E-state index contributed by atoms with van der Waals surface area (Å²) in [7, 11) is 0. The molecule has 2 rings (SSSR count). The number of nitrogens with zero attached hydrogens (tertiary/aromatic N) is 2. The summed E-state index contributed by atoms with van der Waals surface area (Å²) in [5.41, 5.74) is 4.64. The third kappa shape index (κ3) is 2.56. The lowest BCUT2D eigenvalue weighted by Gasteiger charge is -2.28. The second kappa shape index (κ2) is 5.57. The molecular weight excluding hydrogens is 240 g/mol. The Kier molecular flexibility index (Phi) is 4.04. The molecule has 0 spiro atoms. The number of nitrogen functional groups attached to an aromatic ring is 1. The molecule has 1 aliphatic rings. The zero-order chi connectivity index (χ0) is 14.0. The molecule has 5 heteroatoms. The first-order valence-electron chi connectivity index (χ1n) is 6.84. The molecule has 0 aromatic carbocycles. The highest BCUT2D eigenvalue weighted by Crippen LogP contribution is 2.29. The van der Waals surface area contributed by atoms with Crippen LogP contribution >= 0.6 is 0 Å². The van der Waals surface area contributed by atoms with Gasteiger partial charge in [-0.25, -0.2) is 0 Å². The first kappa shape index (κ1) is 13.8. The van der Waals surface area contributed by atoms with Crippen molar-refractivity contribution in [3.8, 4) is 0 Å². The SMILES string of the molecule is CCC1CCC(C)N1C(=O)c1cnc(C)cc1NN. The van der Waals surface area contributed by atoms with Crippen LogP contribution in [0.3, 0.4) is 0 Å². The number of hydrogen-bond donors (Lipinski definition) is 2. The van der Waals surface area contributed by atoms with Crippen LogP contribution in [0.4, 0.5) is 5.69 Å². The Morgan fingerprint density at radius 3 is 2.95 bits per heavy atom. The molecule has 1 amide bonds. The van der Waals surface area contributed by atoms with Crippen LogP contribution in [0.2, 0.25) is 0 Å². The van der Waals surface area contributed by atoms with Crippen molar-refractivity contribution >= 4 is 11.6 Å². The Hall–Kier alpha value is -1.62. The summed E-state index contributed by atoms with van der Waals surface area (Å²) < 4.78 is 0. The third-order valence-corrected chi connectivity index (χ3v) is 3.92. The zero-order valence-corrected chi connectivity index (χ0v) is 11.8. The van der Waals surface area contributed by atoms with E-state index >= 15 is 0 Å². The Morgan fingerprint density at radius 2 is 2.32 bits per heavy atom. The van der Waals surface area contributed by atoms with E-state index in [-0.39, 0.29) is 11.9 Å². The van der Waals surface area contributed by atoms with Crippen molar-refractivity contribution in [2.45, 2.75) is 52.1 Å². The Morgan fingerprint density at radius 1 is 1.58 bits per heavy atom. The van der Waals surface area contributed by atoms with Gasteiger partial charge in [0.05, 0.1) is 11.3 Å². The van der Waals surface area contributed by atoms with Crippen LogP contribution < -0.4 is 11.3 Å². The molecule has 5 nitrogen and oxygen atoms in total. The van der Waals surface area contributed by atoms with Gasteiger partial charge >= 0.3 is 0 Å². The highest BCUT2D eigenvalue weighted by Gasteiger charge is 2.34. The number of carbonyl (C=O) groups excluding carboxylic acids is 1. The van der Waals surface area contributed by atoms with E-state index in [0.29, 0.717) is 17.3 Å². The van der Waals surface area contributed by atoms with E-state index in [1.165, 1.54) is 0 Å². The number of amides is 1. The van der Waals surface area contributed by atoms with Gasteiger partial charge in [-0.05, 0) is 39.2 Å². The monoisotopic (exact) mass is 262 g/mol. The first-order valence-corrected chi connectivity index (χ1v) is 6.84. The summed E-state index contributed by atoms with van der Waals surface area (Å²) >= 11 is 0. The van der Waals surface area contributed by atoms with E-state index in [0.717, 1.165) is 25.0 Å². The van der Waals surface area contributed by atoms with Crippen molar-refractivity contribution in [2.75, 3.05) is 5.43 Å². The predicted molar refractivity (Wildman–Crippen MR) is 75.7 cm³/mol. The number of nitrogens with one attached hydrogen (secondary N) is 1. The van der Waals surface area contributed by atoms with Gasteiger partial charge in [0.1, 0.15) is 0 Å². The number of aromatic nitrogens is 1. The van der Waals surface area contributed by atoms with Crippen molar-refractivity contribution < 1.29 is 4.79 Å². The summed E-state index contributed by atoms with van der Waals surface area (Å²) in [6.07, 6.45) is 4.74. The predicted octanol–water partition coefficient (Wildman–Crippen LogP) is 2.08. The van der Waals surface area contributed by atoms with Crippen molar-refractivity contribution in [1.29, 1.82) is 0 Å². The minimum atomic E-state index is 0.0253. The van der Waals surface area contributed by atoms with Crippen molar-refractivity contribution in [1.82, 2.24) is 9.88 Å². The maximum Gasteiger partial charge on any atom is 0.258 e. The van der Waals surface area contributed by atoms with E-state index in [1.807, 2.05) is 11.8 Å². The Labute approximate surface area is 114 Å². The quantitative estimate of drug-likeness (QED) is 0.646. The Balaban J connectivity index is 2.33. The molecule has 1 saturated heterocycles. The van der Waals surface area contributed by atoms with Gasteiger partial charge in [-0.1, -0.05) is 6.92 Å². The lowest BCUT2D eigenvalue weighted by molar-refractivity contribution is 0.0677. The summed E-state index contributed by atoms with van der Waals surface area (Å²) in [6, 6.07) is 2.41. The minimum Gasteiger partial charge on any atom is -0.333 e. The number of carbonyl (C=O) groups is 1. The van der Waals surface area contributed by atoms with Crippen molar-refractivity contribution in [3.63, 3.8) is 0 Å². The molecule has 2 heterocycles. The van der Waals surface area contributed by atoms with Gasteiger partial charge in [0.2, 0.25) is 0 Å². The van der Waals surface area contributed by atoms with Crippen LogP contribution in [0.1, 0.15) is 49.2 Å². The number of hydrazine groups is 1. The second-order valence-electron chi connectivity index (χ2n) is 5.22. The molecule has 1 fully saturated rings. The van der Waals surface area contributed by atoms with Crippen LogP contribution in [0.5, 0.6) is 0 Å². The lowest BCUT2D eigenvalue weighted by Crippen LogP contribution is -2.40. The highest BCUT2D eigenvalue weighted by molar-refractivity contribution is 5.99. The van der Waals surface area contributed by atoms with Crippen LogP contribution in [-0.4, -0.2) is 27.9 Å². The molecule has 2 unspecified atom stereocenters. The van der Waals surface area contributed by atoms with Gasteiger partial charge in [-0.3, -0.25) is 15.6 Å². The topological polar surface area (TPSA) is 71.2 Å². The largest absolute Gasteiger partial charge is 0.333 e. The van der Waals surface area contributed by atoms with Gasteiger partial charge in [-0.2, -0.15) is 0 Å². The molecule has 1 aliphatic heterocycles. The Bertz CT molecular complexity index is 475. The van der Waals surface area contributed by atoms with Crippen LogP contribution in [0.15, 0.2) is 12.3 Å². The molecule has 0 radical (unpaired) electrons. The first-order chi connectivity index (χ1) is 9.08. The summed E-state index contributed by atoms with van der Waals surface area (Å²) in [5.74, 6) is 5.53. The fraction of sp³-hybridized carbons (Fsp3) is 0.571. The lowest BCUT2D eigenvalue weighted by atomic mass is 10.1. The number of anilines is 1. The third-order valence-electron chi connectivity index (χ3n) is 3.92. The van der Waals surface area contributed by atoms with E-state index in [2.05, 4.69) is 24.3 Å². The van der Waals surface area contributed by atoms with Gasteiger partial charge in [0, 0.05) is 24.0 Å². The molecule has 0 bridgehead atoms. The molecule has 3 N–H and O–H groups in total. The number of hydrogen-bond acceptors (Lipinski definition) is 4. The average Bonchev–Trinajstić information content (AvgIpc) is 2.78. The number of pyridine rings is 1. The normalized spacial score (nSPS) is 22.6. The molecular formula is C14H22N4O. The van der Waals surface area contributed by atoms with Gasteiger partial charge in [0.25, 0.3) is 5.91 Å². The number of aryl methyl sites for hydroxylation is 1. The molecule has 2 atom stereocenters. The van der Waals surface area contributed by atoms with E-state index in [4.69, 9.17) is 5.84 Å². The summed E-state index contributed by atoms with van der Waals surface area (Å²) in [4.78, 5) is 18.9. The fourth-order valence-corrected chi connectivity index (χ4v) is 2.83. The summed E-state index contributed by atoms with van der Waals surface area (Å²) in [5, 5.41) is 0. The number of rotatable bonds is 3. The highest BCUT2D eigenvalue weighted by atomic mass is 16.2. The van der Waals surface area contributed by atoms with Gasteiger partial charge in [-0.15, -0.1) is 0 Å². The molecule has 104 valence electrons. The number of nitrogens with two attached hydrogens (primary N) is 1. The molecule has 1 aromatic rings. The molecule has 0 aliphatic carbocycles. The van der Waals surface area contributed by atoms with Crippen molar-refractivity contribution in [2.24, 2.45) is 5.84 Å². The molecule has 1 aromatic heterocycles. The zero-order valence-electron chi connectivity index (χ0n) is 11.8. The summed E-state index contributed by atoms with van der Waals surface area (Å²) in [6.45, 7) is 6.10. The van der Waals surface area contributed by atoms with Gasteiger partial charge < -0.3 is 10.3 Å². The van der Waals surface area contributed by atoms with Crippen molar-refractivity contribution in [3.05, 3.63) is 23.5 Å². The van der Waals surface area contributed by atoms with Crippen LogP contribution in [0, 0.1) is 6.92 Å². The maximum absolute atomic E-state index is 12.7. The molecule has 0 saturated carbocycles. The second-order valence-corrected chi connectivity index (χ2v) is 5.22. The fourth-order valence-electron chi connectivity index (χ4n) is 2.83. The van der Waals surface area contributed by atoms with E-state index in [1.54, 1.807) is 12.3 Å². The van der Waals surface area contributed by atoms with E-state index < -0.39 is 0 Å². The minimum absolute atomic E-state index is 0.0253. The molecule has 19 heavy (non-hydrogen) atoms. The maximum atomic E-state index is 12.7.